The van der Waals surface area contributed by atoms with Crippen LogP contribution in [0.4, 0.5) is 5.95 Å². The molecule has 0 amide bonds. The van der Waals surface area contributed by atoms with Gasteiger partial charge in [0, 0.05) is 18.0 Å². The average molecular weight is 280 g/mol. The highest BCUT2D eigenvalue weighted by molar-refractivity contribution is 5.79. The maximum absolute atomic E-state index is 5.44. The molecular formula is C12H8N8O. The quantitative estimate of drug-likeness (QED) is 0.556. The van der Waals surface area contributed by atoms with Crippen LogP contribution in [0.3, 0.4) is 0 Å². The smallest absolute Gasteiger partial charge is 0.295 e. The fourth-order valence-corrected chi connectivity index (χ4v) is 1.91. The summed E-state index contributed by atoms with van der Waals surface area (Å²) in [4.78, 5) is 16.6. The van der Waals surface area contributed by atoms with Crippen LogP contribution in [0.15, 0.2) is 35.1 Å². The summed E-state index contributed by atoms with van der Waals surface area (Å²) in [5.74, 6) is 1.08. The van der Waals surface area contributed by atoms with E-state index in [1.807, 2.05) is 18.2 Å². The van der Waals surface area contributed by atoms with Gasteiger partial charge < -0.3 is 10.3 Å². The molecule has 3 heterocycles. The van der Waals surface area contributed by atoms with Gasteiger partial charge in [-0.05, 0) is 18.2 Å². The van der Waals surface area contributed by atoms with Gasteiger partial charge in [-0.3, -0.25) is 15.1 Å². The van der Waals surface area contributed by atoms with E-state index in [1.54, 1.807) is 12.4 Å². The molecule has 3 N–H and O–H groups in total. The zero-order valence-electron chi connectivity index (χ0n) is 10.6. The topological polar surface area (TPSA) is 132 Å². The van der Waals surface area contributed by atoms with Crippen LogP contribution in [0.25, 0.3) is 34.1 Å². The van der Waals surface area contributed by atoms with Crippen molar-refractivity contribution >= 4 is 17.0 Å². The molecule has 0 aliphatic rings. The molecule has 4 rings (SSSR count). The molecule has 3 aromatic heterocycles. The van der Waals surface area contributed by atoms with Crippen LogP contribution in [-0.2, 0) is 0 Å². The van der Waals surface area contributed by atoms with Gasteiger partial charge in [-0.15, -0.1) is 5.10 Å². The minimum atomic E-state index is 0.116. The minimum absolute atomic E-state index is 0.116. The third-order valence-electron chi connectivity index (χ3n) is 2.86. The van der Waals surface area contributed by atoms with E-state index in [9.17, 15) is 0 Å². The first-order valence-corrected chi connectivity index (χ1v) is 6.03. The Balaban J connectivity index is 1.77. The lowest BCUT2D eigenvalue weighted by molar-refractivity contribution is 0.429. The Bertz CT molecular complexity index is 928. The number of fused-ring (bicyclic) bond motifs is 1. The van der Waals surface area contributed by atoms with Crippen molar-refractivity contribution in [2.75, 3.05) is 5.73 Å². The van der Waals surface area contributed by atoms with Crippen molar-refractivity contribution in [3.05, 3.63) is 30.6 Å². The minimum Gasteiger partial charge on any atom is -0.366 e. The Morgan fingerprint density at radius 1 is 1.05 bits per heavy atom. The van der Waals surface area contributed by atoms with Crippen molar-refractivity contribution in [1.82, 2.24) is 35.3 Å². The Morgan fingerprint density at radius 2 is 1.90 bits per heavy atom. The highest BCUT2D eigenvalue weighted by Crippen LogP contribution is 2.22. The number of rotatable bonds is 2. The molecule has 21 heavy (non-hydrogen) atoms. The predicted molar refractivity (Wildman–Crippen MR) is 72.6 cm³/mol. The second-order valence-electron chi connectivity index (χ2n) is 4.23. The van der Waals surface area contributed by atoms with Crippen molar-refractivity contribution in [3.8, 4) is 23.1 Å². The van der Waals surface area contributed by atoms with Crippen LogP contribution >= 0.6 is 0 Å². The molecule has 0 saturated heterocycles. The first-order chi connectivity index (χ1) is 10.3. The second kappa shape index (κ2) is 4.34. The number of hydrogen-bond donors (Lipinski definition) is 2. The Kier molecular flexibility index (Phi) is 2.37. The molecule has 4 aromatic rings. The van der Waals surface area contributed by atoms with Crippen molar-refractivity contribution in [2.45, 2.75) is 0 Å². The molecule has 102 valence electrons. The number of nitrogens with one attached hydrogen (secondary N) is 1. The highest BCUT2D eigenvalue weighted by Gasteiger charge is 2.14. The van der Waals surface area contributed by atoms with E-state index >= 15 is 0 Å². The largest absolute Gasteiger partial charge is 0.366 e. The van der Waals surface area contributed by atoms with Crippen LogP contribution in [0.1, 0.15) is 0 Å². The van der Waals surface area contributed by atoms with Crippen LogP contribution in [0.5, 0.6) is 0 Å². The lowest BCUT2D eigenvalue weighted by Crippen LogP contribution is -1.86. The molecule has 0 spiro atoms. The SMILES string of the molecule is Nc1n[nH]c(-c2nc(-c3ccc4nccnc4c3)no2)n1. The summed E-state index contributed by atoms with van der Waals surface area (Å²) in [5.41, 5.74) is 7.76. The molecule has 0 bridgehead atoms. The van der Waals surface area contributed by atoms with Gasteiger partial charge in [0.15, 0.2) is 0 Å². The van der Waals surface area contributed by atoms with Crippen molar-refractivity contribution in [3.63, 3.8) is 0 Å². The van der Waals surface area contributed by atoms with E-state index in [-0.39, 0.29) is 11.8 Å². The lowest BCUT2D eigenvalue weighted by atomic mass is 10.2. The first-order valence-electron chi connectivity index (χ1n) is 6.03. The normalized spacial score (nSPS) is 11.0. The van der Waals surface area contributed by atoms with Crippen LogP contribution in [-0.4, -0.2) is 35.3 Å². The molecule has 0 aliphatic heterocycles. The van der Waals surface area contributed by atoms with E-state index in [2.05, 4.69) is 35.3 Å². The fourth-order valence-electron chi connectivity index (χ4n) is 1.91. The van der Waals surface area contributed by atoms with Gasteiger partial charge in [0.1, 0.15) is 0 Å². The number of nitrogens with two attached hydrogens (primary N) is 1. The fraction of sp³-hybridized carbons (Fsp3) is 0. The Hall–Kier alpha value is -3.36. The summed E-state index contributed by atoms with van der Waals surface area (Å²) in [6.07, 6.45) is 3.27. The van der Waals surface area contributed by atoms with Gasteiger partial charge in [-0.2, -0.15) is 9.97 Å². The van der Waals surface area contributed by atoms with Crippen molar-refractivity contribution in [2.24, 2.45) is 0 Å². The number of aromatic nitrogens is 7. The standard InChI is InChI=1S/C12H8N8O/c13-12-17-10(18-19-12)11-16-9(20-21-11)6-1-2-7-8(5-6)15-4-3-14-7/h1-5H,(H3,13,17,18,19). The van der Waals surface area contributed by atoms with Gasteiger partial charge in [0.25, 0.3) is 5.89 Å². The summed E-state index contributed by atoms with van der Waals surface area (Å²) in [6.45, 7) is 0. The Morgan fingerprint density at radius 3 is 2.71 bits per heavy atom. The summed E-state index contributed by atoms with van der Waals surface area (Å²) in [7, 11) is 0. The number of anilines is 1. The number of benzene rings is 1. The maximum Gasteiger partial charge on any atom is 0.295 e. The monoisotopic (exact) mass is 280 g/mol. The number of hydrogen-bond acceptors (Lipinski definition) is 8. The molecule has 0 saturated carbocycles. The van der Waals surface area contributed by atoms with Gasteiger partial charge in [-0.1, -0.05) is 5.16 Å². The summed E-state index contributed by atoms with van der Waals surface area (Å²) in [5, 5.41) is 10.2. The van der Waals surface area contributed by atoms with E-state index < -0.39 is 0 Å². The molecule has 0 atom stereocenters. The van der Waals surface area contributed by atoms with Gasteiger partial charge in [-0.25, -0.2) is 0 Å². The molecular weight excluding hydrogens is 272 g/mol. The third-order valence-corrected chi connectivity index (χ3v) is 2.86. The zero-order chi connectivity index (χ0) is 14.2. The number of nitrogens with zero attached hydrogens (tertiary/aromatic N) is 6. The third kappa shape index (κ3) is 1.96. The van der Waals surface area contributed by atoms with Crippen LogP contribution in [0.2, 0.25) is 0 Å². The maximum atomic E-state index is 5.44. The number of aromatic amines is 1. The predicted octanol–water partition coefficient (Wildman–Crippen LogP) is 1.05. The Labute approximate surface area is 117 Å². The molecule has 0 aliphatic carbocycles. The lowest BCUT2D eigenvalue weighted by Gasteiger charge is -1.97. The number of H-pyrrole nitrogens is 1. The van der Waals surface area contributed by atoms with Gasteiger partial charge in [0.05, 0.1) is 11.0 Å². The summed E-state index contributed by atoms with van der Waals surface area (Å²) < 4.78 is 5.14. The van der Waals surface area contributed by atoms with Crippen molar-refractivity contribution in [1.29, 1.82) is 0 Å². The van der Waals surface area contributed by atoms with Crippen LogP contribution < -0.4 is 5.73 Å². The second-order valence-corrected chi connectivity index (χ2v) is 4.23. The summed E-state index contributed by atoms with van der Waals surface area (Å²) in [6, 6.07) is 5.53. The van der Waals surface area contributed by atoms with E-state index in [0.717, 1.165) is 16.6 Å². The van der Waals surface area contributed by atoms with E-state index in [0.29, 0.717) is 11.6 Å². The van der Waals surface area contributed by atoms with Crippen LogP contribution in [0, 0.1) is 0 Å². The molecule has 1 aromatic carbocycles. The van der Waals surface area contributed by atoms with E-state index in [4.69, 9.17) is 10.3 Å². The van der Waals surface area contributed by atoms with Gasteiger partial charge >= 0.3 is 0 Å². The molecule has 0 unspecified atom stereocenters. The zero-order valence-corrected chi connectivity index (χ0v) is 10.6. The molecule has 9 heteroatoms. The molecule has 9 nitrogen and oxygen atoms in total. The van der Waals surface area contributed by atoms with Gasteiger partial charge in [0.2, 0.25) is 17.6 Å². The highest BCUT2D eigenvalue weighted by atomic mass is 16.5. The first kappa shape index (κ1) is 11.5. The van der Waals surface area contributed by atoms with E-state index in [1.165, 1.54) is 0 Å². The molecule has 0 fully saturated rings. The summed E-state index contributed by atoms with van der Waals surface area (Å²) >= 11 is 0. The average Bonchev–Trinajstić information content (AvgIpc) is 3.15. The van der Waals surface area contributed by atoms with Crippen molar-refractivity contribution < 1.29 is 4.52 Å². The molecule has 0 radical (unpaired) electrons. The number of nitrogen functional groups attached to an aromatic ring is 1.